The number of ether oxygens (including phenoxy) is 2. The van der Waals surface area contributed by atoms with Gasteiger partial charge in [0.05, 0.1) is 0 Å². The van der Waals surface area contributed by atoms with Gasteiger partial charge in [0.1, 0.15) is 23.0 Å². The van der Waals surface area contributed by atoms with Gasteiger partial charge in [-0.3, -0.25) is 0 Å². The van der Waals surface area contributed by atoms with Crippen LogP contribution in [0.25, 0.3) is 43.8 Å². The minimum absolute atomic E-state index is 0.703. The highest BCUT2D eigenvalue weighted by molar-refractivity contribution is 6.22. The minimum Gasteiger partial charge on any atom is -0.457 e. The van der Waals surface area contributed by atoms with Crippen molar-refractivity contribution in [1.29, 1.82) is 0 Å². The molecule has 0 saturated heterocycles. The van der Waals surface area contributed by atoms with Crippen LogP contribution in [0.3, 0.4) is 0 Å². The van der Waals surface area contributed by atoms with E-state index in [2.05, 4.69) is 103 Å². The molecule has 7 aromatic carbocycles. The Morgan fingerprint density at radius 2 is 0.829 bits per heavy atom. The van der Waals surface area contributed by atoms with Gasteiger partial charge in [0.15, 0.2) is 0 Å². The molecule has 41 heavy (non-hydrogen) atoms. The quantitative estimate of drug-likeness (QED) is 0.172. The van der Waals surface area contributed by atoms with E-state index in [1.54, 1.807) is 0 Å². The second kappa shape index (κ2) is 10.6. The number of hydrogen-bond donors (Lipinski definition) is 1. The molecule has 0 aromatic heterocycles. The third-order valence-corrected chi connectivity index (χ3v) is 7.30. The predicted octanol–water partition coefficient (Wildman–Crippen LogP) is 10.5. The average Bonchev–Trinajstić information content (AvgIpc) is 3.03. The van der Waals surface area contributed by atoms with E-state index in [0.717, 1.165) is 44.9 Å². The third-order valence-electron chi connectivity index (χ3n) is 7.30. The van der Waals surface area contributed by atoms with Crippen molar-refractivity contribution in [2.24, 2.45) is 0 Å². The summed E-state index contributed by atoms with van der Waals surface area (Å²) in [4.78, 5) is 0. The van der Waals surface area contributed by atoms with Gasteiger partial charge < -0.3 is 15.2 Å². The Labute approximate surface area is 239 Å². The molecule has 0 bridgehead atoms. The van der Waals surface area contributed by atoms with Crippen LogP contribution in [0.15, 0.2) is 152 Å². The van der Waals surface area contributed by atoms with Gasteiger partial charge >= 0.3 is 0 Å². The van der Waals surface area contributed by atoms with Crippen molar-refractivity contribution in [2.45, 2.75) is 0 Å². The van der Waals surface area contributed by atoms with Gasteiger partial charge in [-0.05, 0) is 87.4 Å². The number of anilines is 1. The van der Waals surface area contributed by atoms with E-state index in [1.807, 2.05) is 48.5 Å². The third kappa shape index (κ3) is 4.75. The lowest BCUT2D eigenvalue weighted by molar-refractivity contribution is 0.472. The molecule has 0 saturated carbocycles. The fraction of sp³-hybridized carbons (Fsp3) is 0. The van der Waals surface area contributed by atoms with Gasteiger partial charge in [0.2, 0.25) is 0 Å². The topological polar surface area (TPSA) is 44.5 Å². The Kier molecular flexibility index (Phi) is 6.31. The van der Waals surface area contributed by atoms with Gasteiger partial charge in [0.25, 0.3) is 0 Å². The molecule has 0 unspecified atom stereocenters. The summed E-state index contributed by atoms with van der Waals surface area (Å²) >= 11 is 0. The minimum atomic E-state index is 0.703. The van der Waals surface area contributed by atoms with Crippen LogP contribution in [-0.4, -0.2) is 0 Å². The second-order valence-corrected chi connectivity index (χ2v) is 9.95. The van der Waals surface area contributed by atoms with E-state index in [9.17, 15) is 0 Å². The normalized spacial score (nSPS) is 11.0. The lowest BCUT2D eigenvalue weighted by Crippen LogP contribution is -1.94. The van der Waals surface area contributed by atoms with Crippen LogP contribution in [0.2, 0.25) is 0 Å². The predicted molar refractivity (Wildman–Crippen MR) is 170 cm³/mol. The summed E-state index contributed by atoms with van der Waals surface area (Å²) in [6.45, 7) is 0. The van der Waals surface area contributed by atoms with E-state index < -0.39 is 0 Å². The molecule has 3 heteroatoms. The molecule has 0 atom stereocenters. The van der Waals surface area contributed by atoms with Crippen LogP contribution >= 0.6 is 0 Å². The Morgan fingerprint density at radius 3 is 1.44 bits per heavy atom. The van der Waals surface area contributed by atoms with E-state index in [1.165, 1.54) is 21.9 Å². The molecular weight excluding hydrogens is 502 g/mol. The lowest BCUT2D eigenvalue weighted by Gasteiger charge is -2.20. The van der Waals surface area contributed by atoms with Crippen LogP contribution in [0.1, 0.15) is 0 Å². The summed E-state index contributed by atoms with van der Waals surface area (Å²) in [6, 6.07) is 51.2. The molecule has 0 aliphatic carbocycles. The molecule has 0 radical (unpaired) electrons. The average molecular weight is 530 g/mol. The van der Waals surface area contributed by atoms with Crippen LogP contribution in [0, 0.1) is 0 Å². The van der Waals surface area contributed by atoms with Crippen molar-refractivity contribution < 1.29 is 9.47 Å². The SMILES string of the molecule is Nc1ccc(Oc2ccc(Oc3cccc4c(-c5ccccc5)c5ccccc5c(-c5ccccc5)c34)cc2)cc1. The van der Waals surface area contributed by atoms with Gasteiger partial charge in [-0.1, -0.05) is 97.1 Å². The molecule has 196 valence electrons. The zero-order valence-electron chi connectivity index (χ0n) is 22.3. The molecule has 2 N–H and O–H groups in total. The number of benzene rings is 7. The Hall–Kier alpha value is -5.54. The van der Waals surface area contributed by atoms with E-state index in [0.29, 0.717) is 5.69 Å². The number of nitrogen functional groups attached to an aromatic ring is 1. The Bertz CT molecular complexity index is 1960. The van der Waals surface area contributed by atoms with Gasteiger partial charge in [-0.25, -0.2) is 0 Å². The van der Waals surface area contributed by atoms with Gasteiger partial charge in [0, 0.05) is 16.6 Å². The summed E-state index contributed by atoms with van der Waals surface area (Å²) in [5.41, 5.74) is 11.2. The highest BCUT2D eigenvalue weighted by atomic mass is 16.5. The fourth-order valence-corrected chi connectivity index (χ4v) is 5.48. The zero-order chi connectivity index (χ0) is 27.6. The number of fused-ring (bicyclic) bond motifs is 2. The van der Waals surface area contributed by atoms with E-state index >= 15 is 0 Å². The first-order chi connectivity index (χ1) is 20.2. The summed E-state index contributed by atoms with van der Waals surface area (Å²) in [6.07, 6.45) is 0. The zero-order valence-corrected chi connectivity index (χ0v) is 22.3. The first-order valence-electron chi connectivity index (χ1n) is 13.6. The highest BCUT2D eigenvalue weighted by Gasteiger charge is 2.19. The molecule has 0 aliphatic heterocycles. The monoisotopic (exact) mass is 529 g/mol. The maximum Gasteiger partial charge on any atom is 0.135 e. The molecule has 0 spiro atoms. The van der Waals surface area contributed by atoms with Crippen LogP contribution in [0.4, 0.5) is 5.69 Å². The summed E-state index contributed by atoms with van der Waals surface area (Å²) in [5, 5.41) is 4.63. The van der Waals surface area contributed by atoms with Crippen molar-refractivity contribution in [2.75, 3.05) is 5.73 Å². The van der Waals surface area contributed by atoms with Crippen molar-refractivity contribution in [1.82, 2.24) is 0 Å². The first-order valence-corrected chi connectivity index (χ1v) is 13.6. The molecule has 0 aliphatic rings. The van der Waals surface area contributed by atoms with Crippen LogP contribution in [-0.2, 0) is 0 Å². The molecule has 7 rings (SSSR count). The maximum absolute atomic E-state index is 6.64. The molecular formula is C38H27NO2. The van der Waals surface area contributed by atoms with Crippen LogP contribution in [0.5, 0.6) is 23.0 Å². The molecule has 0 fully saturated rings. The van der Waals surface area contributed by atoms with E-state index in [-0.39, 0.29) is 0 Å². The summed E-state index contributed by atoms with van der Waals surface area (Å²) in [7, 11) is 0. The van der Waals surface area contributed by atoms with E-state index in [4.69, 9.17) is 15.2 Å². The number of rotatable bonds is 6. The van der Waals surface area contributed by atoms with Gasteiger partial charge in [-0.15, -0.1) is 0 Å². The van der Waals surface area contributed by atoms with Crippen molar-refractivity contribution >= 4 is 27.2 Å². The van der Waals surface area contributed by atoms with Crippen molar-refractivity contribution in [3.8, 4) is 45.3 Å². The van der Waals surface area contributed by atoms with Gasteiger partial charge in [-0.2, -0.15) is 0 Å². The maximum atomic E-state index is 6.64. The largest absolute Gasteiger partial charge is 0.457 e. The Morgan fingerprint density at radius 1 is 0.366 bits per heavy atom. The summed E-state index contributed by atoms with van der Waals surface area (Å²) < 4.78 is 12.6. The number of hydrogen-bond acceptors (Lipinski definition) is 3. The van der Waals surface area contributed by atoms with Crippen LogP contribution < -0.4 is 15.2 Å². The van der Waals surface area contributed by atoms with Crippen molar-refractivity contribution in [3.63, 3.8) is 0 Å². The molecule has 0 heterocycles. The summed E-state index contributed by atoms with van der Waals surface area (Å²) in [5.74, 6) is 2.99. The Balaban J connectivity index is 1.39. The lowest BCUT2D eigenvalue weighted by atomic mass is 9.85. The highest BCUT2D eigenvalue weighted by Crippen LogP contribution is 2.47. The molecule has 3 nitrogen and oxygen atoms in total. The number of nitrogens with two attached hydrogens (primary N) is 1. The van der Waals surface area contributed by atoms with Crippen molar-refractivity contribution in [3.05, 3.63) is 152 Å². The molecule has 7 aromatic rings. The smallest absolute Gasteiger partial charge is 0.135 e. The first kappa shape index (κ1) is 24.5. The fourth-order valence-electron chi connectivity index (χ4n) is 5.48. The molecule has 0 amide bonds. The second-order valence-electron chi connectivity index (χ2n) is 9.95. The standard InChI is InChI=1S/C38H27NO2/c39-28-18-20-29(21-19-28)40-30-22-24-31(25-23-30)41-35-17-9-16-34-36(26-10-3-1-4-11-26)32-14-7-8-15-33(32)37(38(34)35)27-12-5-2-6-13-27/h1-25H,39H2.